The number of hydrogen-bond acceptors (Lipinski definition) is 9. The fraction of sp³-hybridized carbons (Fsp3) is 0.250. The number of alkyl halides is 3. The first-order valence-corrected chi connectivity index (χ1v) is 9.61. The average molecular weight is 498 g/mol. The molecule has 1 N–H and O–H groups in total. The Labute approximate surface area is 194 Å². The van der Waals surface area contributed by atoms with E-state index in [2.05, 4.69) is 15.2 Å². The smallest absolute Gasteiger partial charge is 0.493 e. The zero-order chi connectivity index (χ0) is 25.8. The molecule has 0 saturated heterocycles. The molecule has 2 aromatic carbocycles. The van der Waals surface area contributed by atoms with Crippen LogP contribution in [0.15, 0.2) is 45.6 Å². The summed E-state index contributed by atoms with van der Waals surface area (Å²) in [6.07, 6.45) is -4.86. The molecule has 186 valence electrons. The molecule has 3 aromatic rings. The van der Waals surface area contributed by atoms with Gasteiger partial charge in [0.25, 0.3) is 11.6 Å². The first-order valence-electron chi connectivity index (χ1n) is 9.61. The van der Waals surface area contributed by atoms with Crippen LogP contribution in [-0.2, 0) is 17.9 Å². The van der Waals surface area contributed by atoms with E-state index in [0.717, 1.165) is 18.2 Å². The zero-order valence-electron chi connectivity index (χ0n) is 18.1. The third-order valence-corrected chi connectivity index (χ3v) is 4.45. The summed E-state index contributed by atoms with van der Waals surface area (Å²) in [5.41, 5.74) is -0.374. The number of carbonyl (C=O) groups excluding carboxylic acids is 1. The third kappa shape index (κ3) is 6.27. The number of methoxy groups -OCH3 is 2. The Hall–Kier alpha value is -4.56. The second kappa shape index (κ2) is 10.1. The lowest BCUT2D eigenvalue weighted by Gasteiger charge is -2.10. The molecule has 0 aliphatic carbocycles. The summed E-state index contributed by atoms with van der Waals surface area (Å²) < 4.78 is 56.6. The SMILES string of the molecule is COc1cc(-c2nn(CC(=O)NCc3cccc(OC(F)(F)F)c3)c(=O)o2)c([N+](=O)[O-])cc1OC. The number of ether oxygens (including phenoxy) is 3. The molecule has 0 atom stereocenters. The normalized spacial score (nSPS) is 11.1. The van der Waals surface area contributed by atoms with Crippen LogP contribution in [0.5, 0.6) is 17.2 Å². The molecule has 12 nitrogen and oxygen atoms in total. The Balaban J connectivity index is 1.75. The van der Waals surface area contributed by atoms with Gasteiger partial charge < -0.3 is 23.9 Å². The topological polar surface area (TPSA) is 148 Å². The third-order valence-electron chi connectivity index (χ3n) is 4.45. The molecule has 1 amide bonds. The fourth-order valence-electron chi connectivity index (χ4n) is 2.95. The lowest BCUT2D eigenvalue weighted by atomic mass is 10.1. The van der Waals surface area contributed by atoms with Crippen molar-refractivity contribution in [2.75, 3.05) is 14.2 Å². The molecule has 0 unspecified atom stereocenters. The molecule has 0 fully saturated rings. The van der Waals surface area contributed by atoms with Crippen LogP contribution < -0.4 is 25.3 Å². The molecule has 35 heavy (non-hydrogen) atoms. The minimum Gasteiger partial charge on any atom is -0.493 e. The first-order chi connectivity index (χ1) is 16.5. The number of benzene rings is 2. The Morgan fingerprint density at radius 1 is 1.20 bits per heavy atom. The molecular formula is C20H17F3N4O8. The second-order valence-corrected chi connectivity index (χ2v) is 6.78. The highest BCUT2D eigenvalue weighted by Gasteiger charge is 2.31. The van der Waals surface area contributed by atoms with Gasteiger partial charge >= 0.3 is 12.1 Å². The van der Waals surface area contributed by atoms with E-state index in [1.54, 1.807) is 0 Å². The summed E-state index contributed by atoms with van der Waals surface area (Å²) in [6, 6.07) is 7.22. The van der Waals surface area contributed by atoms with Gasteiger partial charge in [-0.1, -0.05) is 12.1 Å². The summed E-state index contributed by atoms with van der Waals surface area (Å²) >= 11 is 0. The number of nitrogens with zero attached hydrogens (tertiary/aromatic N) is 3. The number of amides is 1. The lowest BCUT2D eigenvalue weighted by Crippen LogP contribution is -2.31. The maximum atomic E-state index is 12.4. The molecule has 0 radical (unpaired) electrons. The van der Waals surface area contributed by atoms with Crippen LogP contribution >= 0.6 is 0 Å². The maximum absolute atomic E-state index is 12.4. The van der Waals surface area contributed by atoms with Gasteiger partial charge in [-0.05, 0) is 17.7 Å². The summed E-state index contributed by atoms with van der Waals surface area (Å²) in [4.78, 5) is 35.1. The van der Waals surface area contributed by atoms with Crippen LogP contribution in [0.1, 0.15) is 5.56 Å². The highest BCUT2D eigenvalue weighted by Crippen LogP contribution is 2.38. The van der Waals surface area contributed by atoms with E-state index in [-0.39, 0.29) is 23.6 Å². The molecule has 1 aromatic heterocycles. The van der Waals surface area contributed by atoms with Crippen molar-refractivity contribution in [3.8, 4) is 28.7 Å². The molecule has 0 aliphatic rings. The van der Waals surface area contributed by atoms with Crippen LogP contribution in [0, 0.1) is 10.1 Å². The van der Waals surface area contributed by atoms with Gasteiger partial charge in [0.05, 0.1) is 25.2 Å². The molecule has 15 heteroatoms. The van der Waals surface area contributed by atoms with E-state index < -0.39 is 46.8 Å². The van der Waals surface area contributed by atoms with Crippen molar-refractivity contribution in [3.63, 3.8) is 0 Å². The van der Waals surface area contributed by atoms with E-state index in [9.17, 15) is 32.9 Å². The highest BCUT2D eigenvalue weighted by molar-refractivity contribution is 5.76. The lowest BCUT2D eigenvalue weighted by molar-refractivity contribution is -0.384. The van der Waals surface area contributed by atoms with Crippen LogP contribution in [0.25, 0.3) is 11.5 Å². The number of nitro benzene ring substituents is 1. The van der Waals surface area contributed by atoms with Crippen LogP contribution in [0.2, 0.25) is 0 Å². The van der Waals surface area contributed by atoms with Crippen molar-refractivity contribution in [3.05, 3.63) is 62.6 Å². The predicted molar refractivity (Wildman–Crippen MR) is 111 cm³/mol. The highest BCUT2D eigenvalue weighted by atomic mass is 19.4. The second-order valence-electron chi connectivity index (χ2n) is 6.78. The minimum absolute atomic E-state index is 0.0637. The van der Waals surface area contributed by atoms with Crippen LogP contribution in [0.4, 0.5) is 18.9 Å². The van der Waals surface area contributed by atoms with Gasteiger partial charge in [0.1, 0.15) is 17.9 Å². The van der Waals surface area contributed by atoms with Gasteiger partial charge in [-0.25, -0.2) is 4.79 Å². The molecular weight excluding hydrogens is 481 g/mol. The predicted octanol–water partition coefficient (Wildman–Crippen LogP) is 2.64. The molecule has 0 aliphatic heterocycles. The van der Waals surface area contributed by atoms with Crippen molar-refractivity contribution in [2.24, 2.45) is 0 Å². The maximum Gasteiger partial charge on any atom is 0.573 e. The number of nitrogens with one attached hydrogen (secondary N) is 1. The standard InChI is InChI=1S/C20H17F3N4O8/c1-32-15-7-13(14(27(30)31)8-16(15)33-2)18-25-26(19(29)34-18)10-17(28)24-9-11-4-3-5-12(6-11)35-20(21,22)23/h3-8H,9-10H2,1-2H3,(H,24,28). The number of carbonyl (C=O) groups is 1. The molecule has 0 bridgehead atoms. The number of halogens is 3. The number of rotatable bonds is 9. The molecule has 0 saturated carbocycles. The molecule has 0 spiro atoms. The fourth-order valence-corrected chi connectivity index (χ4v) is 2.95. The first kappa shape index (κ1) is 25.1. The monoisotopic (exact) mass is 498 g/mol. The van der Waals surface area contributed by atoms with Gasteiger partial charge in [-0.2, -0.15) is 4.68 Å². The average Bonchev–Trinajstić information content (AvgIpc) is 3.15. The van der Waals surface area contributed by atoms with E-state index in [4.69, 9.17) is 13.9 Å². The van der Waals surface area contributed by atoms with E-state index in [0.29, 0.717) is 10.2 Å². The quantitative estimate of drug-likeness (QED) is 0.347. The van der Waals surface area contributed by atoms with Crippen molar-refractivity contribution >= 4 is 11.6 Å². The van der Waals surface area contributed by atoms with Gasteiger partial charge in [0.2, 0.25) is 5.91 Å². The Kier molecular flexibility index (Phi) is 7.27. The number of aromatic nitrogens is 2. The minimum atomic E-state index is -4.86. The zero-order valence-corrected chi connectivity index (χ0v) is 18.1. The summed E-state index contributed by atoms with van der Waals surface area (Å²) in [7, 11) is 2.59. The summed E-state index contributed by atoms with van der Waals surface area (Å²) in [5, 5.41) is 17.7. The van der Waals surface area contributed by atoms with Crippen LogP contribution in [0.3, 0.4) is 0 Å². The Bertz CT molecular complexity index is 1300. The largest absolute Gasteiger partial charge is 0.573 e. The molecule has 1 heterocycles. The van der Waals surface area contributed by atoms with Gasteiger partial charge in [0, 0.05) is 12.6 Å². The van der Waals surface area contributed by atoms with Gasteiger partial charge in [-0.15, -0.1) is 18.3 Å². The van der Waals surface area contributed by atoms with Crippen molar-refractivity contribution in [1.82, 2.24) is 15.1 Å². The molecule has 3 rings (SSSR count). The van der Waals surface area contributed by atoms with E-state index >= 15 is 0 Å². The van der Waals surface area contributed by atoms with Crippen molar-refractivity contribution in [2.45, 2.75) is 19.5 Å². The van der Waals surface area contributed by atoms with Gasteiger partial charge in [-0.3, -0.25) is 14.9 Å². The van der Waals surface area contributed by atoms with E-state index in [1.165, 1.54) is 32.4 Å². The summed E-state index contributed by atoms with van der Waals surface area (Å²) in [5.74, 6) is -2.52. The van der Waals surface area contributed by atoms with Crippen molar-refractivity contribution < 1.29 is 41.5 Å². The number of nitro groups is 1. The van der Waals surface area contributed by atoms with Gasteiger partial charge in [0.15, 0.2) is 11.5 Å². The van der Waals surface area contributed by atoms with E-state index in [1.807, 2.05) is 0 Å². The summed E-state index contributed by atoms with van der Waals surface area (Å²) in [6.45, 7) is -0.795. The Morgan fingerprint density at radius 3 is 2.51 bits per heavy atom. The number of hydrogen-bond donors (Lipinski definition) is 1. The van der Waals surface area contributed by atoms with Crippen molar-refractivity contribution in [1.29, 1.82) is 0 Å². The Morgan fingerprint density at radius 2 is 1.89 bits per heavy atom. The van der Waals surface area contributed by atoms with Crippen LogP contribution in [-0.4, -0.2) is 41.2 Å².